The highest BCUT2D eigenvalue weighted by molar-refractivity contribution is 6.39. The number of hydrogen-bond donors (Lipinski definition) is 2. The second-order valence-electron chi connectivity index (χ2n) is 8.45. The molecule has 0 spiro atoms. The predicted octanol–water partition coefficient (Wildman–Crippen LogP) is 5.39. The van der Waals surface area contributed by atoms with Gasteiger partial charge in [0.05, 0.1) is 15.6 Å². The molecule has 10 heteroatoms. The maximum absolute atomic E-state index is 12.6. The first-order chi connectivity index (χ1) is 17.9. The third-order valence-electron chi connectivity index (χ3n) is 5.97. The molecule has 1 atom stereocenters. The van der Waals surface area contributed by atoms with Gasteiger partial charge < -0.3 is 20.1 Å². The normalized spacial score (nSPS) is 14.9. The van der Waals surface area contributed by atoms with Crippen LogP contribution in [-0.2, 0) is 9.53 Å². The van der Waals surface area contributed by atoms with Crippen molar-refractivity contribution in [1.29, 1.82) is 0 Å². The summed E-state index contributed by atoms with van der Waals surface area (Å²) in [7, 11) is 0. The monoisotopic (exact) mass is 540 g/mol. The molecule has 1 aromatic heterocycles. The number of carbonyl (C=O) groups excluding carboxylic acids is 1. The fourth-order valence-corrected chi connectivity index (χ4v) is 4.67. The molecule has 1 unspecified atom stereocenters. The minimum Gasteiger partial charge on any atom is -0.480 e. The minimum atomic E-state index is -1.16. The number of carboxylic acids is 1. The molecule has 192 valence electrons. The summed E-state index contributed by atoms with van der Waals surface area (Å²) >= 11 is 12.1. The number of aliphatic carboxylic acids is 1. The SMILES string of the molecule is O=C(NC(CC=Cc1ccc(N(c2ncccn2)C2CCOCC2)cc1)C(=O)O)c1c(Cl)cccc1Cl. The average Bonchev–Trinajstić information content (AvgIpc) is 2.90. The van der Waals surface area contributed by atoms with Gasteiger partial charge in [0.2, 0.25) is 5.95 Å². The summed E-state index contributed by atoms with van der Waals surface area (Å²) in [5.74, 6) is -1.17. The first kappa shape index (κ1) is 26.6. The average molecular weight is 541 g/mol. The molecule has 2 N–H and O–H groups in total. The lowest BCUT2D eigenvalue weighted by molar-refractivity contribution is -0.139. The molecular formula is C27H26Cl2N4O4. The van der Waals surface area contributed by atoms with E-state index < -0.39 is 17.9 Å². The van der Waals surface area contributed by atoms with Crippen LogP contribution in [0.1, 0.15) is 35.2 Å². The Kier molecular flexibility index (Phi) is 9.11. The minimum absolute atomic E-state index is 0.0492. The first-order valence-corrected chi connectivity index (χ1v) is 12.6. The van der Waals surface area contributed by atoms with Crippen LogP contribution in [0.25, 0.3) is 6.08 Å². The zero-order valence-electron chi connectivity index (χ0n) is 19.9. The summed E-state index contributed by atoms with van der Waals surface area (Å²) < 4.78 is 5.52. The van der Waals surface area contributed by atoms with Gasteiger partial charge in [0, 0.05) is 37.3 Å². The number of nitrogens with one attached hydrogen (secondary N) is 1. The summed E-state index contributed by atoms with van der Waals surface area (Å²) in [5, 5.41) is 12.4. The van der Waals surface area contributed by atoms with E-state index >= 15 is 0 Å². The summed E-state index contributed by atoms with van der Waals surface area (Å²) in [6.07, 6.45) is 8.80. The second-order valence-corrected chi connectivity index (χ2v) is 9.27. The summed E-state index contributed by atoms with van der Waals surface area (Å²) in [5.41, 5.74) is 1.89. The van der Waals surface area contributed by atoms with Crippen molar-refractivity contribution in [2.45, 2.75) is 31.3 Å². The number of halogens is 2. The van der Waals surface area contributed by atoms with Crippen molar-refractivity contribution in [3.8, 4) is 0 Å². The van der Waals surface area contributed by atoms with Gasteiger partial charge in [0.25, 0.3) is 5.91 Å². The van der Waals surface area contributed by atoms with Crippen LogP contribution in [0, 0.1) is 0 Å². The number of aromatic nitrogens is 2. The fraction of sp³-hybridized carbons (Fsp3) is 0.259. The molecule has 2 heterocycles. The van der Waals surface area contributed by atoms with Crippen LogP contribution in [-0.4, -0.2) is 52.2 Å². The molecule has 2 aromatic carbocycles. The number of carboxylic acid groups (broad SMARTS) is 1. The molecule has 1 aliphatic rings. The van der Waals surface area contributed by atoms with Gasteiger partial charge in [-0.1, -0.05) is 53.6 Å². The van der Waals surface area contributed by atoms with Gasteiger partial charge in [-0.05, 0) is 55.2 Å². The van der Waals surface area contributed by atoms with Gasteiger partial charge >= 0.3 is 5.97 Å². The Labute approximate surface area is 224 Å². The van der Waals surface area contributed by atoms with Gasteiger partial charge in [-0.15, -0.1) is 0 Å². The van der Waals surface area contributed by atoms with Gasteiger partial charge in [0.15, 0.2) is 0 Å². The lowest BCUT2D eigenvalue weighted by Crippen LogP contribution is -2.40. The van der Waals surface area contributed by atoms with Crippen LogP contribution in [0.2, 0.25) is 10.0 Å². The largest absolute Gasteiger partial charge is 0.480 e. The standard InChI is InChI=1S/C27H26Cl2N4O4/c28-21-5-2-6-22(29)24(21)25(34)32-23(26(35)36)7-1-4-18-8-10-19(11-9-18)33(20-12-16-37-17-13-20)27-30-14-3-15-31-27/h1-6,8-11,14-15,20,23H,7,12-13,16-17H2,(H,32,34)(H,35,36). The number of nitrogens with zero attached hydrogens (tertiary/aromatic N) is 3. The zero-order valence-corrected chi connectivity index (χ0v) is 21.4. The maximum Gasteiger partial charge on any atom is 0.326 e. The molecule has 0 radical (unpaired) electrons. The molecule has 1 fully saturated rings. The summed E-state index contributed by atoms with van der Waals surface area (Å²) in [4.78, 5) is 35.4. The molecule has 3 aromatic rings. The van der Waals surface area contributed by atoms with Gasteiger partial charge in [0.1, 0.15) is 6.04 Å². The van der Waals surface area contributed by atoms with Crippen LogP contribution in [0.15, 0.2) is 67.0 Å². The lowest BCUT2D eigenvalue weighted by Gasteiger charge is -2.34. The molecule has 4 rings (SSSR count). The molecule has 0 saturated carbocycles. The van der Waals surface area contributed by atoms with E-state index in [1.54, 1.807) is 30.6 Å². The Bertz CT molecular complexity index is 1230. The molecular weight excluding hydrogens is 515 g/mol. The van der Waals surface area contributed by atoms with E-state index in [0.717, 1.165) is 24.1 Å². The lowest BCUT2D eigenvalue weighted by atomic mass is 10.1. The van der Waals surface area contributed by atoms with Crippen molar-refractivity contribution >= 4 is 52.8 Å². The molecule has 1 saturated heterocycles. The molecule has 0 bridgehead atoms. The van der Waals surface area contributed by atoms with Crippen molar-refractivity contribution in [3.63, 3.8) is 0 Å². The van der Waals surface area contributed by atoms with Gasteiger partial charge in [-0.3, -0.25) is 4.79 Å². The third-order valence-corrected chi connectivity index (χ3v) is 6.60. The van der Waals surface area contributed by atoms with Crippen molar-refractivity contribution in [2.24, 2.45) is 0 Å². The highest BCUT2D eigenvalue weighted by Crippen LogP contribution is 2.29. The fourth-order valence-electron chi connectivity index (χ4n) is 4.10. The molecule has 1 amide bonds. The predicted molar refractivity (Wildman–Crippen MR) is 143 cm³/mol. The Morgan fingerprint density at radius 1 is 1.05 bits per heavy atom. The van der Waals surface area contributed by atoms with Crippen LogP contribution in [0.5, 0.6) is 0 Å². The van der Waals surface area contributed by atoms with Crippen LogP contribution < -0.4 is 10.2 Å². The van der Waals surface area contributed by atoms with Crippen LogP contribution >= 0.6 is 23.2 Å². The number of ether oxygens (including phenoxy) is 1. The van der Waals surface area contributed by atoms with E-state index in [0.29, 0.717) is 19.2 Å². The van der Waals surface area contributed by atoms with Gasteiger partial charge in [-0.25, -0.2) is 14.8 Å². The molecule has 0 aliphatic carbocycles. The van der Waals surface area contributed by atoms with E-state index in [-0.39, 0.29) is 28.1 Å². The quantitative estimate of drug-likeness (QED) is 0.375. The van der Waals surface area contributed by atoms with Crippen molar-refractivity contribution < 1.29 is 19.4 Å². The number of anilines is 2. The number of amides is 1. The Morgan fingerprint density at radius 3 is 2.32 bits per heavy atom. The molecule has 8 nitrogen and oxygen atoms in total. The summed E-state index contributed by atoms with van der Waals surface area (Å²) in [6.45, 7) is 1.39. The molecule has 37 heavy (non-hydrogen) atoms. The first-order valence-electron chi connectivity index (χ1n) is 11.8. The van der Waals surface area contributed by atoms with Crippen LogP contribution in [0.3, 0.4) is 0 Å². The topological polar surface area (TPSA) is 105 Å². The zero-order chi connectivity index (χ0) is 26.2. The Hall–Kier alpha value is -3.46. The van der Waals surface area contributed by atoms with E-state index in [4.69, 9.17) is 27.9 Å². The third kappa shape index (κ3) is 6.85. The van der Waals surface area contributed by atoms with Gasteiger partial charge in [-0.2, -0.15) is 0 Å². The Morgan fingerprint density at radius 2 is 1.70 bits per heavy atom. The van der Waals surface area contributed by atoms with Crippen molar-refractivity contribution in [2.75, 3.05) is 18.1 Å². The number of benzene rings is 2. The van der Waals surface area contributed by atoms with E-state index in [1.165, 1.54) is 12.1 Å². The number of hydrogen-bond acceptors (Lipinski definition) is 6. The van der Waals surface area contributed by atoms with Crippen molar-refractivity contribution in [1.82, 2.24) is 15.3 Å². The molecule has 1 aliphatic heterocycles. The summed E-state index contributed by atoms with van der Waals surface area (Å²) in [6, 6.07) is 13.4. The highest BCUT2D eigenvalue weighted by atomic mass is 35.5. The van der Waals surface area contributed by atoms with Crippen molar-refractivity contribution in [3.05, 3.63) is 88.2 Å². The highest BCUT2D eigenvalue weighted by Gasteiger charge is 2.25. The van der Waals surface area contributed by atoms with E-state index in [2.05, 4.69) is 20.2 Å². The van der Waals surface area contributed by atoms with Crippen LogP contribution in [0.4, 0.5) is 11.6 Å². The smallest absolute Gasteiger partial charge is 0.326 e. The number of rotatable bonds is 9. The number of carbonyl (C=O) groups is 2. The Balaban J connectivity index is 1.44. The second kappa shape index (κ2) is 12.7. The van der Waals surface area contributed by atoms with E-state index in [1.807, 2.05) is 30.3 Å². The van der Waals surface area contributed by atoms with E-state index in [9.17, 15) is 14.7 Å². The maximum atomic E-state index is 12.6.